The summed E-state index contributed by atoms with van der Waals surface area (Å²) in [4.78, 5) is 28.9. The zero-order valence-electron chi connectivity index (χ0n) is 25.2. The van der Waals surface area contributed by atoms with Crippen LogP contribution < -0.4 is 14.4 Å². The van der Waals surface area contributed by atoms with Crippen LogP contribution in [0.25, 0.3) is 0 Å². The first-order chi connectivity index (χ1) is 19.1. The molecule has 0 fully saturated rings. The van der Waals surface area contributed by atoms with Gasteiger partial charge in [-0.3, -0.25) is 13.9 Å². The summed E-state index contributed by atoms with van der Waals surface area (Å²) in [6.07, 6.45) is 0. The van der Waals surface area contributed by atoms with Gasteiger partial charge < -0.3 is 15.0 Å². The van der Waals surface area contributed by atoms with Crippen molar-refractivity contribution in [2.75, 3.05) is 18.0 Å². The van der Waals surface area contributed by atoms with Crippen molar-refractivity contribution in [1.82, 2.24) is 10.2 Å². The Labute approximate surface area is 244 Å². The number of carbonyl (C=O) groups is 2. The topological polar surface area (TPSA) is 96.0 Å². The number of rotatable bonds is 10. The van der Waals surface area contributed by atoms with E-state index in [1.165, 1.54) is 24.1 Å². The molecule has 1 unspecified atom stereocenters. The van der Waals surface area contributed by atoms with Crippen LogP contribution in [0, 0.1) is 20.8 Å². The Bertz CT molecular complexity index is 1490. The fourth-order valence-corrected chi connectivity index (χ4v) is 5.79. The lowest BCUT2D eigenvalue weighted by molar-refractivity contribution is -0.140. The van der Waals surface area contributed by atoms with Crippen molar-refractivity contribution in [3.05, 3.63) is 89.0 Å². The van der Waals surface area contributed by atoms with E-state index >= 15 is 0 Å². The van der Waals surface area contributed by atoms with E-state index in [4.69, 9.17) is 4.74 Å². The minimum atomic E-state index is -4.20. The predicted octanol–water partition coefficient (Wildman–Crippen LogP) is 5.15. The molecular formula is C32H41N3O5S. The summed E-state index contributed by atoms with van der Waals surface area (Å²) in [5.74, 6) is -0.548. The highest BCUT2D eigenvalue weighted by atomic mass is 32.2. The minimum absolute atomic E-state index is 0.0448. The maximum atomic E-state index is 14.2. The number of benzene rings is 3. The zero-order valence-corrected chi connectivity index (χ0v) is 26.0. The SMILES string of the molecule is COc1ccc(C)cc1N(CC(=O)N(Cc1ccccc1C)C(C)C(=O)NC(C)(C)C)S(=O)(=O)c1ccc(C)cc1. The number of hydrogen-bond acceptors (Lipinski definition) is 5. The minimum Gasteiger partial charge on any atom is -0.495 e. The Balaban J connectivity index is 2.12. The van der Waals surface area contributed by atoms with E-state index in [2.05, 4.69) is 5.32 Å². The van der Waals surface area contributed by atoms with Gasteiger partial charge in [-0.15, -0.1) is 0 Å². The summed E-state index contributed by atoms with van der Waals surface area (Å²) < 4.78 is 34.8. The van der Waals surface area contributed by atoms with E-state index in [0.29, 0.717) is 5.75 Å². The number of sulfonamides is 1. The molecule has 0 heterocycles. The van der Waals surface area contributed by atoms with E-state index in [1.54, 1.807) is 31.2 Å². The first-order valence-electron chi connectivity index (χ1n) is 13.5. The highest BCUT2D eigenvalue weighted by molar-refractivity contribution is 7.92. The molecule has 0 aromatic heterocycles. The Morgan fingerprint density at radius 1 is 0.927 bits per heavy atom. The van der Waals surface area contributed by atoms with Gasteiger partial charge in [0, 0.05) is 12.1 Å². The Morgan fingerprint density at radius 3 is 2.12 bits per heavy atom. The van der Waals surface area contributed by atoms with Crippen LogP contribution in [-0.4, -0.2) is 50.4 Å². The maximum Gasteiger partial charge on any atom is 0.264 e. The predicted molar refractivity (Wildman–Crippen MR) is 163 cm³/mol. The third kappa shape index (κ3) is 7.88. The summed E-state index contributed by atoms with van der Waals surface area (Å²) in [7, 11) is -2.74. The van der Waals surface area contributed by atoms with E-state index in [9.17, 15) is 18.0 Å². The summed E-state index contributed by atoms with van der Waals surface area (Å²) in [5.41, 5.74) is 3.24. The number of nitrogens with zero attached hydrogens (tertiary/aromatic N) is 2. The van der Waals surface area contributed by atoms with Gasteiger partial charge in [0.15, 0.2) is 0 Å². The van der Waals surface area contributed by atoms with Crippen LogP contribution in [0.2, 0.25) is 0 Å². The van der Waals surface area contributed by atoms with Crippen molar-refractivity contribution < 1.29 is 22.7 Å². The van der Waals surface area contributed by atoms with Crippen molar-refractivity contribution in [3.8, 4) is 5.75 Å². The van der Waals surface area contributed by atoms with Crippen LogP contribution in [0.1, 0.15) is 49.9 Å². The van der Waals surface area contributed by atoms with Gasteiger partial charge in [0.2, 0.25) is 11.8 Å². The lowest BCUT2D eigenvalue weighted by Crippen LogP contribution is -2.54. The fraction of sp³-hybridized carbons (Fsp3) is 0.375. The van der Waals surface area contributed by atoms with Crippen LogP contribution >= 0.6 is 0 Å². The van der Waals surface area contributed by atoms with Crippen LogP contribution in [0.15, 0.2) is 71.6 Å². The molecule has 3 aromatic rings. The van der Waals surface area contributed by atoms with Gasteiger partial charge in [-0.2, -0.15) is 0 Å². The van der Waals surface area contributed by atoms with Crippen LogP contribution in [-0.2, 0) is 26.2 Å². The molecule has 0 saturated heterocycles. The molecule has 0 spiro atoms. The maximum absolute atomic E-state index is 14.2. The monoisotopic (exact) mass is 579 g/mol. The molecule has 1 N–H and O–H groups in total. The largest absolute Gasteiger partial charge is 0.495 e. The second-order valence-corrected chi connectivity index (χ2v) is 13.2. The number of anilines is 1. The van der Waals surface area contributed by atoms with Crippen LogP contribution in [0.4, 0.5) is 5.69 Å². The molecule has 3 aromatic carbocycles. The van der Waals surface area contributed by atoms with Crippen molar-refractivity contribution in [2.24, 2.45) is 0 Å². The number of nitrogens with one attached hydrogen (secondary N) is 1. The number of ether oxygens (including phenoxy) is 1. The first kappa shape index (κ1) is 31.7. The molecule has 8 nitrogen and oxygen atoms in total. The second-order valence-electron chi connectivity index (χ2n) is 11.4. The zero-order chi connectivity index (χ0) is 30.5. The number of hydrogen-bond donors (Lipinski definition) is 1. The van der Waals surface area contributed by atoms with Crippen molar-refractivity contribution in [2.45, 2.75) is 71.5 Å². The van der Waals surface area contributed by atoms with Crippen molar-refractivity contribution >= 4 is 27.5 Å². The number of methoxy groups -OCH3 is 1. The van der Waals surface area contributed by atoms with E-state index in [-0.39, 0.29) is 23.0 Å². The third-order valence-corrected chi connectivity index (χ3v) is 8.53. The standard InChI is InChI=1S/C32H41N3O5S/c1-22-13-16-27(17-14-22)41(38,39)35(28-19-23(2)15-18-29(28)40-8)21-30(36)34(20-26-12-10-9-11-24(26)3)25(4)31(37)33-32(5,6)7/h9-19,25H,20-21H2,1-8H3,(H,33,37). The molecule has 0 aliphatic rings. The molecule has 220 valence electrons. The molecule has 0 saturated carbocycles. The summed E-state index contributed by atoms with van der Waals surface area (Å²) in [6, 6.07) is 18.4. The van der Waals surface area contributed by atoms with Crippen molar-refractivity contribution in [1.29, 1.82) is 0 Å². The lowest BCUT2D eigenvalue weighted by atomic mass is 10.1. The van der Waals surface area contributed by atoms with E-state index in [1.807, 2.05) is 71.9 Å². The van der Waals surface area contributed by atoms with E-state index in [0.717, 1.165) is 26.6 Å². The van der Waals surface area contributed by atoms with Gasteiger partial charge >= 0.3 is 0 Å². The average Bonchev–Trinajstić information content (AvgIpc) is 2.90. The number of amides is 2. The Kier molecular flexibility index (Phi) is 9.86. The highest BCUT2D eigenvalue weighted by Crippen LogP contribution is 2.34. The molecule has 0 aliphatic carbocycles. The Hall–Kier alpha value is -3.85. The van der Waals surface area contributed by atoms with Crippen molar-refractivity contribution in [3.63, 3.8) is 0 Å². The van der Waals surface area contributed by atoms with Crippen LogP contribution in [0.5, 0.6) is 5.75 Å². The smallest absolute Gasteiger partial charge is 0.264 e. The molecule has 9 heteroatoms. The lowest BCUT2D eigenvalue weighted by Gasteiger charge is -2.34. The van der Waals surface area contributed by atoms with E-state index < -0.39 is 34.1 Å². The molecule has 41 heavy (non-hydrogen) atoms. The molecule has 0 aliphatic heterocycles. The van der Waals surface area contributed by atoms with Gasteiger partial charge in [0.25, 0.3) is 10.0 Å². The normalized spacial score (nSPS) is 12.4. The van der Waals surface area contributed by atoms with Gasteiger partial charge in [-0.25, -0.2) is 8.42 Å². The summed E-state index contributed by atoms with van der Waals surface area (Å²) in [6.45, 7) is 12.5. The third-order valence-electron chi connectivity index (χ3n) is 6.76. The fourth-order valence-electron chi connectivity index (χ4n) is 4.37. The summed E-state index contributed by atoms with van der Waals surface area (Å²) >= 11 is 0. The summed E-state index contributed by atoms with van der Waals surface area (Å²) in [5, 5.41) is 2.94. The number of carbonyl (C=O) groups excluding carboxylic acids is 2. The average molecular weight is 580 g/mol. The molecule has 2 amide bonds. The molecule has 3 rings (SSSR count). The molecule has 1 atom stereocenters. The van der Waals surface area contributed by atoms with Gasteiger partial charge in [-0.1, -0.05) is 48.0 Å². The quantitative estimate of drug-likeness (QED) is 0.359. The van der Waals surface area contributed by atoms with Gasteiger partial charge in [0.05, 0.1) is 17.7 Å². The molecular weight excluding hydrogens is 538 g/mol. The molecule has 0 radical (unpaired) electrons. The Morgan fingerprint density at radius 2 is 1.54 bits per heavy atom. The van der Waals surface area contributed by atoms with Crippen LogP contribution in [0.3, 0.4) is 0 Å². The van der Waals surface area contributed by atoms with Gasteiger partial charge in [-0.05, 0) is 89.4 Å². The highest BCUT2D eigenvalue weighted by Gasteiger charge is 2.34. The first-order valence-corrected chi connectivity index (χ1v) is 15.0. The van der Waals surface area contributed by atoms with Gasteiger partial charge in [0.1, 0.15) is 18.3 Å². The number of aryl methyl sites for hydroxylation is 3. The molecule has 0 bridgehead atoms. The second kappa shape index (κ2) is 12.8.